The summed E-state index contributed by atoms with van der Waals surface area (Å²) in [6.07, 6.45) is 2.75. The topological polar surface area (TPSA) is 66.8 Å². The molecule has 3 aromatic rings. The minimum Gasteiger partial charge on any atom is -0.310 e. The molecule has 0 spiro atoms. The van der Waals surface area contributed by atoms with E-state index >= 15 is 0 Å². The number of para-hydroxylation sites is 1. The number of benzene rings is 1. The Hall–Kier alpha value is -2.73. The summed E-state index contributed by atoms with van der Waals surface area (Å²) in [5, 5.41) is 4.62. The SMILES string of the molecule is Cc1ccccc1-n1ncc(CN2CCc3nc(C(C)(C)C)[nH]c(=O)c3C2)c1C. The van der Waals surface area contributed by atoms with Gasteiger partial charge in [-0.3, -0.25) is 9.69 Å². The highest BCUT2D eigenvalue weighted by atomic mass is 16.1. The summed E-state index contributed by atoms with van der Waals surface area (Å²) in [4.78, 5) is 22.7. The Kier molecular flexibility index (Phi) is 4.90. The highest BCUT2D eigenvalue weighted by molar-refractivity contribution is 5.41. The van der Waals surface area contributed by atoms with E-state index in [1.54, 1.807) is 0 Å². The molecule has 0 bridgehead atoms. The zero-order chi connectivity index (χ0) is 20.8. The number of hydrogen-bond donors (Lipinski definition) is 1. The van der Waals surface area contributed by atoms with E-state index in [9.17, 15) is 4.79 Å². The first kappa shape index (κ1) is 19.6. The molecule has 1 aromatic carbocycles. The molecule has 1 aliphatic heterocycles. The van der Waals surface area contributed by atoms with Crippen molar-refractivity contribution < 1.29 is 0 Å². The number of fused-ring (bicyclic) bond motifs is 1. The van der Waals surface area contributed by atoms with E-state index in [0.717, 1.165) is 48.0 Å². The van der Waals surface area contributed by atoms with E-state index in [-0.39, 0.29) is 11.0 Å². The van der Waals surface area contributed by atoms with Gasteiger partial charge in [-0.1, -0.05) is 39.0 Å². The van der Waals surface area contributed by atoms with Crippen molar-refractivity contribution in [1.82, 2.24) is 24.6 Å². The van der Waals surface area contributed by atoms with Crippen LogP contribution >= 0.6 is 0 Å². The predicted octanol–water partition coefficient (Wildman–Crippen LogP) is 3.43. The number of aromatic nitrogens is 4. The molecule has 2 aromatic heterocycles. The zero-order valence-corrected chi connectivity index (χ0v) is 17.9. The smallest absolute Gasteiger partial charge is 0.255 e. The molecule has 0 aliphatic carbocycles. The minimum atomic E-state index is -0.160. The maximum Gasteiger partial charge on any atom is 0.255 e. The third kappa shape index (κ3) is 3.77. The molecule has 0 fully saturated rings. The van der Waals surface area contributed by atoms with Gasteiger partial charge in [0.05, 0.1) is 23.1 Å². The van der Waals surface area contributed by atoms with E-state index in [4.69, 9.17) is 4.98 Å². The molecule has 4 rings (SSSR count). The van der Waals surface area contributed by atoms with Crippen molar-refractivity contribution in [2.45, 2.75) is 59.5 Å². The van der Waals surface area contributed by atoms with Gasteiger partial charge in [-0.05, 0) is 25.5 Å². The molecule has 1 aliphatic rings. The Morgan fingerprint density at radius 3 is 2.66 bits per heavy atom. The number of nitrogens with zero attached hydrogens (tertiary/aromatic N) is 4. The summed E-state index contributed by atoms with van der Waals surface area (Å²) in [6.45, 7) is 12.7. The first-order valence-electron chi connectivity index (χ1n) is 10.2. The van der Waals surface area contributed by atoms with Crippen molar-refractivity contribution in [1.29, 1.82) is 0 Å². The molecule has 6 heteroatoms. The molecule has 0 amide bonds. The van der Waals surface area contributed by atoms with Gasteiger partial charge in [-0.2, -0.15) is 5.10 Å². The average Bonchev–Trinajstić information content (AvgIpc) is 3.02. The van der Waals surface area contributed by atoms with Crippen molar-refractivity contribution in [2.24, 2.45) is 0 Å². The summed E-state index contributed by atoms with van der Waals surface area (Å²) in [6, 6.07) is 8.27. The van der Waals surface area contributed by atoms with E-state index in [1.807, 2.05) is 23.0 Å². The largest absolute Gasteiger partial charge is 0.310 e. The third-order valence-corrected chi connectivity index (χ3v) is 5.71. The highest BCUT2D eigenvalue weighted by Crippen LogP contribution is 2.23. The van der Waals surface area contributed by atoms with E-state index < -0.39 is 0 Å². The number of rotatable bonds is 3. The Morgan fingerprint density at radius 2 is 1.93 bits per heavy atom. The highest BCUT2D eigenvalue weighted by Gasteiger charge is 2.25. The van der Waals surface area contributed by atoms with Gasteiger partial charge in [0, 0.05) is 42.7 Å². The van der Waals surface area contributed by atoms with Crippen molar-refractivity contribution >= 4 is 0 Å². The molecular weight excluding hydrogens is 362 g/mol. The molecule has 0 atom stereocenters. The first-order valence-corrected chi connectivity index (χ1v) is 10.2. The van der Waals surface area contributed by atoms with Crippen LogP contribution in [0.15, 0.2) is 35.3 Å². The number of hydrogen-bond acceptors (Lipinski definition) is 4. The van der Waals surface area contributed by atoms with Crippen molar-refractivity contribution in [2.75, 3.05) is 6.54 Å². The molecule has 152 valence electrons. The van der Waals surface area contributed by atoms with Crippen LogP contribution < -0.4 is 5.56 Å². The quantitative estimate of drug-likeness (QED) is 0.743. The van der Waals surface area contributed by atoms with Crippen LogP contribution in [0.2, 0.25) is 0 Å². The van der Waals surface area contributed by atoms with Crippen molar-refractivity contribution in [3.05, 3.63) is 74.7 Å². The second-order valence-corrected chi connectivity index (χ2v) is 9.00. The maximum absolute atomic E-state index is 12.7. The lowest BCUT2D eigenvalue weighted by atomic mass is 9.95. The first-order chi connectivity index (χ1) is 13.7. The molecule has 1 N–H and O–H groups in total. The lowest BCUT2D eigenvalue weighted by Gasteiger charge is -2.28. The van der Waals surface area contributed by atoms with Gasteiger partial charge in [0.2, 0.25) is 0 Å². The number of aromatic amines is 1. The summed E-state index contributed by atoms with van der Waals surface area (Å²) in [5.74, 6) is 0.769. The van der Waals surface area contributed by atoms with Crippen LogP contribution in [0.4, 0.5) is 0 Å². The Balaban J connectivity index is 1.56. The molecule has 0 unspecified atom stereocenters. The van der Waals surface area contributed by atoms with E-state index in [1.165, 1.54) is 11.1 Å². The lowest BCUT2D eigenvalue weighted by Crippen LogP contribution is -2.37. The van der Waals surface area contributed by atoms with Crippen molar-refractivity contribution in [3.8, 4) is 5.69 Å². The van der Waals surface area contributed by atoms with Crippen LogP contribution in [0.1, 0.15) is 54.7 Å². The number of H-pyrrole nitrogens is 1. The van der Waals surface area contributed by atoms with E-state index in [2.05, 4.69) is 61.7 Å². The molecule has 6 nitrogen and oxygen atoms in total. The zero-order valence-electron chi connectivity index (χ0n) is 17.9. The van der Waals surface area contributed by atoms with Crippen LogP contribution in [0.3, 0.4) is 0 Å². The lowest BCUT2D eigenvalue weighted by molar-refractivity contribution is 0.240. The van der Waals surface area contributed by atoms with Crippen molar-refractivity contribution in [3.63, 3.8) is 0 Å². The van der Waals surface area contributed by atoms with Gasteiger partial charge in [0.25, 0.3) is 5.56 Å². The van der Waals surface area contributed by atoms with Gasteiger partial charge in [-0.15, -0.1) is 0 Å². The fourth-order valence-electron chi connectivity index (χ4n) is 3.85. The van der Waals surface area contributed by atoms with Crippen LogP contribution in [-0.4, -0.2) is 31.2 Å². The van der Waals surface area contributed by atoms with Gasteiger partial charge in [0.15, 0.2) is 0 Å². The summed E-state index contributed by atoms with van der Waals surface area (Å²) < 4.78 is 2.01. The molecule has 3 heterocycles. The monoisotopic (exact) mass is 391 g/mol. The fourth-order valence-corrected chi connectivity index (χ4v) is 3.85. The van der Waals surface area contributed by atoms with E-state index in [0.29, 0.717) is 6.54 Å². The molecule has 0 radical (unpaired) electrons. The van der Waals surface area contributed by atoms with Gasteiger partial charge in [0.1, 0.15) is 5.82 Å². The summed E-state index contributed by atoms with van der Waals surface area (Å²) in [7, 11) is 0. The van der Waals surface area contributed by atoms with Gasteiger partial charge >= 0.3 is 0 Å². The normalized spacial score (nSPS) is 14.8. The second-order valence-electron chi connectivity index (χ2n) is 9.00. The third-order valence-electron chi connectivity index (χ3n) is 5.71. The standard InChI is InChI=1S/C23H29N5O/c1-15-8-6-7-9-20(15)28-16(2)17(12-24-28)13-27-11-10-19-18(14-27)21(29)26-22(25-19)23(3,4)5/h6-9,12H,10-11,13-14H2,1-5H3,(H,25,26,29). The average molecular weight is 392 g/mol. The number of nitrogens with one attached hydrogen (secondary N) is 1. The molecule has 0 saturated carbocycles. The molecular formula is C23H29N5O. The molecule has 29 heavy (non-hydrogen) atoms. The Labute approximate surface area is 171 Å². The van der Waals surface area contributed by atoms with Gasteiger partial charge < -0.3 is 4.98 Å². The fraction of sp³-hybridized carbons (Fsp3) is 0.435. The van der Waals surface area contributed by atoms with Crippen LogP contribution in [0, 0.1) is 13.8 Å². The summed E-state index contributed by atoms with van der Waals surface area (Å²) in [5.41, 5.74) is 6.21. The Bertz CT molecular complexity index is 1100. The van der Waals surface area contributed by atoms with Crippen LogP contribution in [0.5, 0.6) is 0 Å². The minimum absolute atomic E-state index is 0.00282. The van der Waals surface area contributed by atoms with Gasteiger partial charge in [-0.25, -0.2) is 9.67 Å². The maximum atomic E-state index is 12.7. The second kappa shape index (κ2) is 7.26. The predicted molar refractivity (Wildman–Crippen MR) is 114 cm³/mol. The Morgan fingerprint density at radius 1 is 1.17 bits per heavy atom. The molecule has 0 saturated heterocycles. The number of aryl methyl sites for hydroxylation is 1. The van der Waals surface area contributed by atoms with Crippen LogP contribution in [0.25, 0.3) is 5.69 Å². The summed E-state index contributed by atoms with van der Waals surface area (Å²) >= 11 is 0. The van der Waals surface area contributed by atoms with Crippen LogP contribution in [-0.2, 0) is 24.9 Å².